The number of carbonyl (C=O) groups excluding carboxylic acids is 1. The fourth-order valence-corrected chi connectivity index (χ4v) is 4.66. The second-order valence-corrected chi connectivity index (χ2v) is 9.16. The Morgan fingerprint density at radius 2 is 1.84 bits per heavy atom. The van der Waals surface area contributed by atoms with E-state index >= 15 is 0 Å². The van der Waals surface area contributed by atoms with Gasteiger partial charge in [-0.1, -0.05) is 0 Å². The number of imidazole rings is 1. The molecular formula is C22H20F2N10O3. The lowest BCUT2D eigenvalue weighted by Gasteiger charge is -2.19. The van der Waals surface area contributed by atoms with Gasteiger partial charge < -0.3 is 14.8 Å². The number of hydrogen-bond donors (Lipinski definition) is 2. The first-order valence-electron chi connectivity index (χ1n) is 11.4. The van der Waals surface area contributed by atoms with Crippen LogP contribution in [0.25, 0.3) is 22.4 Å². The number of alkyl halides is 2. The van der Waals surface area contributed by atoms with Gasteiger partial charge in [-0.3, -0.25) is 24.1 Å². The van der Waals surface area contributed by atoms with Gasteiger partial charge in [0.1, 0.15) is 6.04 Å². The summed E-state index contributed by atoms with van der Waals surface area (Å²) in [4.78, 5) is 62.2. The number of halogens is 2. The molecule has 1 saturated heterocycles. The fraction of sp³-hybridized carbons (Fsp3) is 0.364. The van der Waals surface area contributed by atoms with Crippen molar-refractivity contribution in [3.8, 4) is 11.3 Å². The van der Waals surface area contributed by atoms with E-state index in [0.29, 0.717) is 17.2 Å². The minimum atomic E-state index is -2.58. The molecule has 4 aromatic rings. The Morgan fingerprint density at radius 3 is 2.54 bits per heavy atom. The van der Waals surface area contributed by atoms with E-state index in [1.807, 2.05) is 0 Å². The lowest BCUT2D eigenvalue weighted by molar-refractivity contribution is -0.118. The third-order valence-corrected chi connectivity index (χ3v) is 6.93. The molecule has 2 aliphatic rings. The molecular weight excluding hydrogens is 490 g/mol. The van der Waals surface area contributed by atoms with Crippen LogP contribution >= 0.6 is 0 Å². The zero-order valence-electron chi connectivity index (χ0n) is 19.6. The summed E-state index contributed by atoms with van der Waals surface area (Å²) >= 11 is 0. The van der Waals surface area contributed by atoms with Crippen LogP contribution in [0.3, 0.4) is 0 Å². The van der Waals surface area contributed by atoms with Crippen molar-refractivity contribution in [3.05, 3.63) is 52.0 Å². The highest BCUT2D eigenvalue weighted by molar-refractivity contribution is 5.93. The maximum atomic E-state index is 13.4. The van der Waals surface area contributed by atoms with Gasteiger partial charge in [0.05, 0.1) is 36.3 Å². The number of H-pyrrole nitrogens is 1. The standard InChI is InChI=1S/C22H20F2N10O3/c1-10(34-9-28-17-16(34)19(36)31-21(37)32(17)2)18(35)30-15-6-25-5-14(29-15)11-3-26-20(27-4-11)33-7-12-13(8-33)22(12,23)24/h3-6,9-10,12-13H,7-8H2,1-2H3,(H,29,30,35)(H,31,36,37). The van der Waals surface area contributed by atoms with Gasteiger partial charge in [-0.25, -0.2) is 33.5 Å². The van der Waals surface area contributed by atoms with Crippen molar-refractivity contribution >= 4 is 28.8 Å². The second-order valence-electron chi connectivity index (χ2n) is 9.16. The summed E-state index contributed by atoms with van der Waals surface area (Å²) in [6, 6.07) is -0.865. The van der Waals surface area contributed by atoms with Crippen LogP contribution in [-0.2, 0) is 11.8 Å². The molecule has 1 aliphatic heterocycles. The quantitative estimate of drug-likeness (QED) is 0.392. The van der Waals surface area contributed by atoms with Crippen molar-refractivity contribution < 1.29 is 13.6 Å². The van der Waals surface area contributed by atoms with Crippen molar-refractivity contribution in [1.82, 2.24) is 39.0 Å². The molecule has 1 aliphatic carbocycles. The van der Waals surface area contributed by atoms with Crippen molar-refractivity contribution in [2.75, 3.05) is 23.3 Å². The molecule has 5 heterocycles. The summed E-state index contributed by atoms with van der Waals surface area (Å²) < 4.78 is 29.4. The highest BCUT2D eigenvalue weighted by Crippen LogP contribution is 2.59. The van der Waals surface area contributed by atoms with Gasteiger partial charge in [0.15, 0.2) is 17.0 Å². The van der Waals surface area contributed by atoms with Gasteiger partial charge in [-0.05, 0) is 6.92 Å². The Morgan fingerprint density at radius 1 is 1.14 bits per heavy atom. The monoisotopic (exact) mass is 510 g/mol. The van der Waals surface area contributed by atoms with E-state index in [1.165, 1.54) is 47.3 Å². The molecule has 1 saturated carbocycles. The van der Waals surface area contributed by atoms with E-state index in [2.05, 4.69) is 35.2 Å². The largest absolute Gasteiger partial charge is 0.340 e. The molecule has 0 radical (unpaired) electrons. The van der Waals surface area contributed by atoms with Gasteiger partial charge in [0.25, 0.3) is 11.5 Å². The molecule has 15 heteroatoms. The van der Waals surface area contributed by atoms with Crippen molar-refractivity contribution in [2.24, 2.45) is 18.9 Å². The molecule has 37 heavy (non-hydrogen) atoms. The minimum Gasteiger partial charge on any atom is -0.340 e. The maximum Gasteiger partial charge on any atom is 0.329 e. The van der Waals surface area contributed by atoms with Gasteiger partial charge >= 0.3 is 5.69 Å². The SMILES string of the molecule is CC(C(=O)Nc1cncc(-c2cnc(N3CC4C(C3)C4(F)F)nc2)n1)n1cnc2c1c(=O)[nH]c(=O)n2C. The number of piperidine rings is 1. The van der Waals surface area contributed by atoms with Crippen LogP contribution in [0.4, 0.5) is 20.5 Å². The lowest BCUT2D eigenvalue weighted by Crippen LogP contribution is -2.31. The predicted octanol–water partition coefficient (Wildman–Crippen LogP) is 0.571. The molecule has 13 nitrogen and oxygen atoms in total. The summed E-state index contributed by atoms with van der Waals surface area (Å²) in [5.41, 5.74) is -0.0997. The summed E-state index contributed by atoms with van der Waals surface area (Å²) in [5, 5.41) is 2.66. The number of amides is 1. The van der Waals surface area contributed by atoms with Crippen LogP contribution in [0.2, 0.25) is 0 Å². The van der Waals surface area contributed by atoms with Gasteiger partial charge in [0, 0.05) is 38.1 Å². The Balaban J connectivity index is 1.18. The number of hydrogen-bond acceptors (Lipinski definition) is 9. The molecule has 0 aromatic carbocycles. The molecule has 6 rings (SSSR count). The summed E-state index contributed by atoms with van der Waals surface area (Å²) in [5.74, 6) is -3.79. The van der Waals surface area contributed by atoms with Crippen molar-refractivity contribution in [1.29, 1.82) is 0 Å². The topological polar surface area (TPSA) is 157 Å². The highest BCUT2D eigenvalue weighted by atomic mass is 19.3. The zero-order valence-corrected chi connectivity index (χ0v) is 19.6. The zero-order chi connectivity index (χ0) is 26.1. The molecule has 1 amide bonds. The van der Waals surface area contributed by atoms with E-state index in [-0.39, 0.29) is 30.1 Å². The Kier molecular flexibility index (Phi) is 4.93. The summed E-state index contributed by atoms with van der Waals surface area (Å²) in [6.07, 6.45) is 7.21. The fourth-order valence-electron chi connectivity index (χ4n) is 4.66. The van der Waals surface area contributed by atoms with E-state index in [1.54, 1.807) is 11.8 Å². The number of aromatic nitrogens is 8. The Labute approximate surface area is 206 Å². The molecule has 2 fully saturated rings. The second kappa shape index (κ2) is 7.97. The van der Waals surface area contributed by atoms with E-state index < -0.39 is 41.0 Å². The molecule has 4 aromatic heterocycles. The normalized spacial score (nSPS) is 20.6. The van der Waals surface area contributed by atoms with Gasteiger partial charge in [-0.15, -0.1) is 0 Å². The summed E-state index contributed by atoms with van der Waals surface area (Å²) in [7, 11) is 1.46. The Hall–Kier alpha value is -4.56. The van der Waals surface area contributed by atoms with Crippen LogP contribution in [0.15, 0.2) is 40.7 Å². The van der Waals surface area contributed by atoms with Crippen LogP contribution in [0, 0.1) is 11.8 Å². The minimum absolute atomic E-state index is 0.0841. The van der Waals surface area contributed by atoms with Gasteiger partial charge in [0.2, 0.25) is 11.9 Å². The molecule has 190 valence electrons. The predicted molar refractivity (Wildman–Crippen MR) is 126 cm³/mol. The first-order valence-corrected chi connectivity index (χ1v) is 11.4. The number of anilines is 2. The molecule has 3 unspecified atom stereocenters. The Bertz CT molecular complexity index is 1650. The van der Waals surface area contributed by atoms with Crippen LogP contribution < -0.4 is 21.5 Å². The molecule has 3 atom stereocenters. The van der Waals surface area contributed by atoms with E-state index in [9.17, 15) is 23.2 Å². The number of carbonyl (C=O) groups is 1. The first-order chi connectivity index (χ1) is 17.6. The third kappa shape index (κ3) is 3.65. The summed E-state index contributed by atoms with van der Waals surface area (Å²) in [6.45, 7) is 2.03. The maximum absolute atomic E-state index is 13.4. The smallest absolute Gasteiger partial charge is 0.329 e. The highest BCUT2D eigenvalue weighted by Gasteiger charge is 2.72. The van der Waals surface area contributed by atoms with Crippen LogP contribution in [0.1, 0.15) is 13.0 Å². The van der Waals surface area contributed by atoms with E-state index in [4.69, 9.17) is 0 Å². The molecule has 2 N–H and O–H groups in total. The average molecular weight is 510 g/mol. The van der Waals surface area contributed by atoms with E-state index in [0.717, 1.165) is 0 Å². The number of nitrogens with one attached hydrogen (secondary N) is 2. The van der Waals surface area contributed by atoms with Gasteiger partial charge in [-0.2, -0.15) is 0 Å². The number of aromatic amines is 1. The van der Waals surface area contributed by atoms with Crippen LogP contribution in [-0.4, -0.2) is 64.0 Å². The average Bonchev–Trinajstić information content (AvgIpc) is 3.32. The molecule has 0 bridgehead atoms. The number of nitrogens with zero attached hydrogens (tertiary/aromatic N) is 8. The number of rotatable bonds is 5. The third-order valence-electron chi connectivity index (χ3n) is 6.93. The first kappa shape index (κ1) is 22.9. The van der Waals surface area contributed by atoms with Crippen LogP contribution in [0.5, 0.6) is 0 Å². The van der Waals surface area contributed by atoms with Crippen molar-refractivity contribution in [2.45, 2.75) is 18.9 Å². The lowest BCUT2D eigenvalue weighted by atomic mass is 10.2. The number of fused-ring (bicyclic) bond motifs is 2. The molecule has 0 spiro atoms. The number of aryl methyl sites for hydroxylation is 1. The van der Waals surface area contributed by atoms with Crippen molar-refractivity contribution in [3.63, 3.8) is 0 Å².